The van der Waals surface area contributed by atoms with Gasteiger partial charge in [-0.2, -0.15) is 0 Å². The summed E-state index contributed by atoms with van der Waals surface area (Å²) >= 11 is 0. The number of ether oxygens (including phenoxy) is 1. The van der Waals surface area contributed by atoms with E-state index in [9.17, 15) is 9.59 Å². The number of morpholine rings is 1. The van der Waals surface area contributed by atoms with Gasteiger partial charge in [0, 0.05) is 25.9 Å². The van der Waals surface area contributed by atoms with Gasteiger partial charge in [-0.1, -0.05) is 61.5 Å². The number of nitrogens with zero attached hydrogens (tertiary/aromatic N) is 1. The monoisotopic (exact) mass is 394 g/mol. The van der Waals surface area contributed by atoms with Gasteiger partial charge in [0.25, 0.3) is 5.91 Å². The first kappa shape index (κ1) is 21.1. The van der Waals surface area contributed by atoms with Crippen LogP contribution < -0.4 is 5.32 Å². The number of benzene rings is 2. The van der Waals surface area contributed by atoms with E-state index in [1.807, 2.05) is 50.2 Å². The second kappa shape index (κ2) is 9.70. The lowest BCUT2D eigenvalue weighted by atomic mass is 9.87. The molecule has 3 rings (SSSR count). The van der Waals surface area contributed by atoms with E-state index in [2.05, 4.69) is 23.5 Å². The molecule has 1 heterocycles. The predicted octanol–water partition coefficient (Wildman–Crippen LogP) is 3.43. The topological polar surface area (TPSA) is 58.6 Å². The highest BCUT2D eigenvalue weighted by atomic mass is 16.5. The summed E-state index contributed by atoms with van der Waals surface area (Å²) in [7, 11) is 0. The fourth-order valence-corrected chi connectivity index (χ4v) is 3.90. The fraction of sp³-hybridized carbons (Fsp3) is 0.417. The van der Waals surface area contributed by atoms with E-state index in [4.69, 9.17) is 4.74 Å². The highest BCUT2D eigenvalue weighted by molar-refractivity contribution is 5.88. The van der Waals surface area contributed by atoms with E-state index in [0.717, 1.165) is 23.1 Å². The molecule has 1 aliphatic rings. The second-order valence-corrected chi connectivity index (χ2v) is 7.47. The van der Waals surface area contributed by atoms with Gasteiger partial charge in [0.05, 0.1) is 13.2 Å². The van der Waals surface area contributed by atoms with Crippen LogP contribution in [0.2, 0.25) is 0 Å². The van der Waals surface area contributed by atoms with Crippen LogP contribution in [-0.2, 0) is 20.7 Å². The molecule has 0 unspecified atom stereocenters. The molecule has 2 aromatic carbocycles. The Morgan fingerprint density at radius 1 is 1.07 bits per heavy atom. The van der Waals surface area contributed by atoms with Crippen molar-refractivity contribution in [2.24, 2.45) is 0 Å². The van der Waals surface area contributed by atoms with Gasteiger partial charge in [-0.25, -0.2) is 0 Å². The molecule has 154 valence electrons. The summed E-state index contributed by atoms with van der Waals surface area (Å²) in [5, 5.41) is 2.93. The molecule has 0 aromatic heterocycles. The third-order valence-corrected chi connectivity index (χ3v) is 5.33. The molecule has 1 aliphatic heterocycles. The molecule has 1 N–H and O–H groups in total. The van der Waals surface area contributed by atoms with Crippen LogP contribution in [0.5, 0.6) is 0 Å². The lowest BCUT2D eigenvalue weighted by Gasteiger charge is -2.42. The van der Waals surface area contributed by atoms with Gasteiger partial charge < -0.3 is 15.0 Å². The third kappa shape index (κ3) is 4.85. The van der Waals surface area contributed by atoms with E-state index in [0.29, 0.717) is 32.5 Å². The predicted molar refractivity (Wildman–Crippen MR) is 114 cm³/mol. The lowest BCUT2D eigenvalue weighted by molar-refractivity contribution is -0.166. The third-order valence-electron chi connectivity index (χ3n) is 5.33. The Labute approximate surface area is 173 Å². The number of carbonyl (C=O) groups excluding carboxylic acids is 2. The van der Waals surface area contributed by atoms with Crippen molar-refractivity contribution in [3.8, 4) is 11.1 Å². The first-order valence-corrected chi connectivity index (χ1v) is 10.4. The summed E-state index contributed by atoms with van der Waals surface area (Å²) < 4.78 is 6.13. The first-order chi connectivity index (χ1) is 14.1. The summed E-state index contributed by atoms with van der Waals surface area (Å²) in [5.41, 5.74) is 2.14. The second-order valence-electron chi connectivity index (χ2n) is 7.47. The Morgan fingerprint density at radius 2 is 1.79 bits per heavy atom. The lowest BCUT2D eigenvalue weighted by Crippen LogP contribution is -2.62. The van der Waals surface area contributed by atoms with Crippen LogP contribution in [0.4, 0.5) is 0 Å². The van der Waals surface area contributed by atoms with Crippen molar-refractivity contribution in [3.05, 3.63) is 60.2 Å². The number of hydrogen-bond donors (Lipinski definition) is 1. The maximum atomic E-state index is 13.1. The van der Waals surface area contributed by atoms with Crippen molar-refractivity contribution >= 4 is 11.8 Å². The Morgan fingerprint density at radius 3 is 2.52 bits per heavy atom. The van der Waals surface area contributed by atoms with Gasteiger partial charge >= 0.3 is 0 Å². The number of carbonyl (C=O) groups is 2. The molecule has 5 nitrogen and oxygen atoms in total. The molecule has 0 saturated carbocycles. The maximum Gasteiger partial charge on any atom is 0.254 e. The molecule has 5 heteroatoms. The van der Waals surface area contributed by atoms with Crippen molar-refractivity contribution < 1.29 is 14.3 Å². The molecule has 0 aliphatic carbocycles. The molecular weight excluding hydrogens is 364 g/mol. The largest absolute Gasteiger partial charge is 0.361 e. The van der Waals surface area contributed by atoms with Gasteiger partial charge in [0.15, 0.2) is 5.60 Å². The average Bonchev–Trinajstić information content (AvgIpc) is 2.75. The molecule has 1 atom stereocenters. The molecule has 2 amide bonds. The van der Waals surface area contributed by atoms with E-state index < -0.39 is 5.60 Å². The van der Waals surface area contributed by atoms with Gasteiger partial charge in [-0.3, -0.25) is 9.59 Å². The van der Waals surface area contributed by atoms with E-state index in [1.54, 1.807) is 4.90 Å². The SMILES string of the molecule is CCCC(=O)N1CCO[C@](Cc2ccccc2-c2ccccc2)(C(=O)NCC)C1. The molecule has 0 spiro atoms. The summed E-state index contributed by atoms with van der Waals surface area (Å²) in [6.07, 6.45) is 1.70. The Hall–Kier alpha value is -2.66. The van der Waals surface area contributed by atoms with Crippen molar-refractivity contribution in [1.82, 2.24) is 10.2 Å². The summed E-state index contributed by atoms with van der Waals surface area (Å²) in [6.45, 7) is 5.58. The molecule has 0 bridgehead atoms. The molecule has 29 heavy (non-hydrogen) atoms. The number of nitrogens with one attached hydrogen (secondary N) is 1. The number of amides is 2. The minimum atomic E-state index is -1.08. The number of rotatable bonds is 7. The van der Waals surface area contributed by atoms with Crippen molar-refractivity contribution in [2.75, 3.05) is 26.2 Å². The van der Waals surface area contributed by atoms with Gasteiger partial charge in [-0.05, 0) is 30.0 Å². The Bertz CT molecular complexity index is 837. The maximum absolute atomic E-state index is 13.1. The fourth-order valence-electron chi connectivity index (χ4n) is 3.90. The molecule has 2 aromatic rings. The Kier molecular flexibility index (Phi) is 7.04. The van der Waals surface area contributed by atoms with Crippen LogP contribution in [0.25, 0.3) is 11.1 Å². The number of likely N-dealkylation sites (N-methyl/N-ethyl adjacent to an activating group) is 1. The zero-order valence-electron chi connectivity index (χ0n) is 17.3. The zero-order valence-corrected chi connectivity index (χ0v) is 17.3. The zero-order chi connectivity index (χ0) is 20.7. The van der Waals surface area contributed by atoms with E-state index in [-0.39, 0.29) is 18.4 Å². The normalized spacial score (nSPS) is 19.0. The first-order valence-electron chi connectivity index (χ1n) is 10.4. The van der Waals surface area contributed by atoms with Crippen molar-refractivity contribution in [3.63, 3.8) is 0 Å². The van der Waals surface area contributed by atoms with Gasteiger partial charge in [0.2, 0.25) is 5.91 Å². The standard InChI is InChI=1S/C24H30N2O3/c1-3-10-22(27)26-15-16-29-24(18-26,23(28)25-4-2)17-20-13-8-9-14-21(20)19-11-6-5-7-12-19/h5-9,11-14H,3-4,10,15-18H2,1-2H3,(H,25,28)/t24-/m0/s1. The van der Waals surface area contributed by atoms with Gasteiger partial charge in [-0.15, -0.1) is 0 Å². The summed E-state index contributed by atoms with van der Waals surface area (Å²) in [6, 6.07) is 18.2. The minimum absolute atomic E-state index is 0.0841. The van der Waals surface area contributed by atoms with Crippen LogP contribution in [0.1, 0.15) is 32.3 Å². The van der Waals surface area contributed by atoms with E-state index >= 15 is 0 Å². The van der Waals surface area contributed by atoms with Crippen LogP contribution >= 0.6 is 0 Å². The van der Waals surface area contributed by atoms with Crippen LogP contribution in [0.15, 0.2) is 54.6 Å². The van der Waals surface area contributed by atoms with E-state index in [1.165, 1.54) is 0 Å². The minimum Gasteiger partial charge on any atom is -0.361 e. The molecule has 1 fully saturated rings. The Balaban J connectivity index is 1.95. The average molecular weight is 395 g/mol. The van der Waals surface area contributed by atoms with Crippen LogP contribution in [0.3, 0.4) is 0 Å². The molecule has 0 radical (unpaired) electrons. The smallest absolute Gasteiger partial charge is 0.254 e. The van der Waals surface area contributed by atoms with Gasteiger partial charge in [0.1, 0.15) is 0 Å². The summed E-state index contributed by atoms with van der Waals surface area (Å²) in [5.74, 6) is -0.0716. The van der Waals surface area contributed by atoms with Crippen molar-refractivity contribution in [1.29, 1.82) is 0 Å². The molecular formula is C24H30N2O3. The summed E-state index contributed by atoms with van der Waals surface area (Å²) in [4.78, 5) is 27.5. The number of hydrogen-bond acceptors (Lipinski definition) is 3. The highest BCUT2D eigenvalue weighted by Gasteiger charge is 2.45. The molecule has 1 saturated heterocycles. The highest BCUT2D eigenvalue weighted by Crippen LogP contribution is 2.30. The van der Waals surface area contributed by atoms with Crippen molar-refractivity contribution in [2.45, 2.75) is 38.7 Å². The van der Waals surface area contributed by atoms with Crippen LogP contribution in [-0.4, -0.2) is 48.6 Å². The quantitative estimate of drug-likeness (QED) is 0.783. The van der Waals surface area contributed by atoms with Crippen LogP contribution in [0, 0.1) is 0 Å².